The lowest BCUT2D eigenvalue weighted by Crippen LogP contribution is -2.46. The Morgan fingerprint density at radius 3 is 2.47 bits per heavy atom. The molecule has 30 heavy (non-hydrogen) atoms. The molecule has 0 spiro atoms. The van der Waals surface area contributed by atoms with E-state index in [9.17, 15) is 9.59 Å². The van der Waals surface area contributed by atoms with E-state index in [0.29, 0.717) is 37.8 Å². The maximum atomic E-state index is 12.4. The molecule has 0 aliphatic carbocycles. The van der Waals surface area contributed by atoms with Gasteiger partial charge < -0.3 is 24.8 Å². The fourth-order valence-electron chi connectivity index (χ4n) is 3.60. The minimum atomic E-state index is -0.648. The first-order valence-electron chi connectivity index (χ1n) is 10.0. The van der Waals surface area contributed by atoms with Crippen molar-refractivity contribution in [2.24, 2.45) is 0 Å². The number of rotatable bonds is 6. The average molecular weight is 411 g/mol. The molecule has 1 unspecified atom stereocenters. The summed E-state index contributed by atoms with van der Waals surface area (Å²) in [6.07, 6.45) is 0. The number of hydrogen-bond acceptors (Lipinski definition) is 6. The predicted octanol–water partition coefficient (Wildman–Crippen LogP) is 1.22. The van der Waals surface area contributed by atoms with Crippen molar-refractivity contribution >= 4 is 11.8 Å². The van der Waals surface area contributed by atoms with Crippen LogP contribution in [0.15, 0.2) is 48.5 Å². The van der Waals surface area contributed by atoms with Gasteiger partial charge >= 0.3 is 11.8 Å². The summed E-state index contributed by atoms with van der Waals surface area (Å²) in [5, 5.41) is 5.43. The number of nitrogens with zero attached hydrogens (tertiary/aromatic N) is 1. The molecule has 8 nitrogen and oxygen atoms in total. The maximum absolute atomic E-state index is 12.4. The fraction of sp³-hybridized carbons (Fsp3) is 0.364. The second kappa shape index (κ2) is 9.60. The van der Waals surface area contributed by atoms with Gasteiger partial charge in [-0.05, 0) is 23.3 Å². The third kappa shape index (κ3) is 4.90. The number of carbonyl (C=O) groups is 2. The zero-order valence-electron chi connectivity index (χ0n) is 16.6. The van der Waals surface area contributed by atoms with Crippen LogP contribution < -0.4 is 20.1 Å². The highest BCUT2D eigenvalue weighted by molar-refractivity contribution is 6.35. The van der Waals surface area contributed by atoms with E-state index in [1.54, 1.807) is 0 Å². The first-order chi connectivity index (χ1) is 14.7. The SMILES string of the molecule is O=C(NCc1ccccc1)C(=O)NCC(c1ccc2c(c1)OCO2)N1CCOCC1. The summed E-state index contributed by atoms with van der Waals surface area (Å²) in [5.41, 5.74) is 1.93. The van der Waals surface area contributed by atoms with Crippen LogP contribution in [0.2, 0.25) is 0 Å². The van der Waals surface area contributed by atoms with Gasteiger partial charge in [0.1, 0.15) is 0 Å². The van der Waals surface area contributed by atoms with E-state index in [0.717, 1.165) is 24.2 Å². The summed E-state index contributed by atoms with van der Waals surface area (Å²) < 4.78 is 16.4. The van der Waals surface area contributed by atoms with Crippen molar-refractivity contribution in [1.82, 2.24) is 15.5 Å². The summed E-state index contributed by atoms with van der Waals surface area (Å²) in [6, 6.07) is 15.1. The van der Waals surface area contributed by atoms with Gasteiger partial charge in [-0.1, -0.05) is 36.4 Å². The Morgan fingerprint density at radius 2 is 1.67 bits per heavy atom. The summed E-state index contributed by atoms with van der Waals surface area (Å²) in [4.78, 5) is 26.8. The average Bonchev–Trinajstić information content (AvgIpc) is 3.27. The number of ether oxygens (including phenoxy) is 3. The van der Waals surface area contributed by atoms with Gasteiger partial charge in [-0.25, -0.2) is 0 Å². The number of hydrogen-bond donors (Lipinski definition) is 2. The molecule has 1 saturated heterocycles. The molecule has 158 valence electrons. The van der Waals surface area contributed by atoms with Crippen LogP contribution >= 0.6 is 0 Å². The summed E-state index contributed by atoms with van der Waals surface area (Å²) in [6.45, 7) is 3.57. The lowest BCUT2D eigenvalue weighted by Gasteiger charge is -2.34. The molecular formula is C22H25N3O5. The largest absolute Gasteiger partial charge is 0.454 e. The third-order valence-electron chi connectivity index (χ3n) is 5.23. The molecule has 2 aromatic rings. The van der Waals surface area contributed by atoms with Crippen molar-refractivity contribution in [2.75, 3.05) is 39.6 Å². The topological polar surface area (TPSA) is 89.1 Å². The van der Waals surface area contributed by atoms with Crippen LogP contribution in [0.1, 0.15) is 17.2 Å². The summed E-state index contributed by atoms with van der Waals surface area (Å²) in [5.74, 6) is 0.108. The molecule has 2 heterocycles. The van der Waals surface area contributed by atoms with Gasteiger partial charge in [0.2, 0.25) is 6.79 Å². The number of amides is 2. The van der Waals surface area contributed by atoms with Crippen LogP contribution in [0.4, 0.5) is 0 Å². The molecule has 2 amide bonds. The zero-order valence-corrected chi connectivity index (χ0v) is 16.6. The van der Waals surface area contributed by atoms with Crippen molar-refractivity contribution in [1.29, 1.82) is 0 Å². The highest BCUT2D eigenvalue weighted by Gasteiger charge is 2.26. The van der Waals surface area contributed by atoms with Crippen LogP contribution in [0.5, 0.6) is 11.5 Å². The molecule has 2 aliphatic heterocycles. The van der Waals surface area contributed by atoms with E-state index in [-0.39, 0.29) is 12.8 Å². The van der Waals surface area contributed by atoms with Crippen molar-refractivity contribution in [3.05, 3.63) is 59.7 Å². The van der Waals surface area contributed by atoms with Crippen molar-refractivity contribution in [3.8, 4) is 11.5 Å². The Labute approximate surface area is 175 Å². The standard InChI is InChI=1S/C22H25N3O5/c26-21(23-13-16-4-2-1-3-5-16)22(27)24-14-18(25-8-10-28-11-9-25)17-6-7-19-20(12-17)30-15-29-19/h1-7,12,18H,8-11,13-15H2,(H,23,26)(H,24,27). The normalized spacial score (nSPS) is 16.7. The third-order valence-corrected chi connectivity index (χ3v) is 5.23. The van der Waals surface area contributed by atoms with Crippen LogP contribution in [0.3, 0.4) is 0 Å². The Bertz CT molecular complexity index is 884. The van der Waals surface area contributed by atoms with Crippen molar-refractivity contribution in [3.63, 3.8) is 0 Å². The molecule has 2 aromatic carbocycles. The smallest absolute Gasteiger partial charge is 0.309 e. The van der Waals surface area contributed by atoms with Crippen molar-refractivity contribution in [2.45, 2.75) is 12.6 Å². The van der Waals surface area contributed by atoms with E-state index >= 15 is 0 Å². The molecular weight excluding hydrogens is 386 g/mol. The Hall–Kier alpha value is -3.10. The molecule has 2 aliphatic rings. The van der Waals surface area contributed by atoms with Gasteiger partial charge in [0.15, 0.2) is 11.5 Å². The highest BCUT2D eigenvalue weighted by Crippen LogP contribution is 2.35. The monoisotopic (exact) mass is 411 g/mol. The van der Waals surface area contributed by atoms with Gasteiger partial charge in [0.25, 0.3) is 0 Å². The number of fused-ring (bicyclic) bond motifs is 1. The van der Waals surface area contributed by atoms with Gasteiger partial charge in [-0.3, -0.25) is 14.5 Å². The number of carbonyl (C=O) groups excluding carboxylic acids is 2. The van der Waals surface area contributed by atoms with Gasteiger partial charge in [0.05, 0.1) is 19.3 Å². The van der Waals surface area contributed by atoms with E-state index in [2.05, 4.69) is 15.5 Å². The second-order valence-electron chi connectivity index (χ2n) is 7.16. The number of benzene rings is 2. The van der Waals surface area contributed by atoms with Crippen molar-refractivity contribution < 1.29 is 23.8 Å². The highest BCUT2D eigenvalue weighted by atomic mass is 16.7. The number of nitrogens with one attached hydrogen (secondary N) is 2. The first-order valence-corrected chi connectivity index (χ1v) is 10.0. The first kappa shape index (κ1) is 20.2. The van der Waals surface area contributed by atoms with E-state index in [1.807, 2.05) is 48.5 Å². The fourth-order valence-corrected chi connectivity index (χ4v) is 3.60. The Morgan fingerprint density at radius 1 is 0.933 bits per heavy atom. The molecule has 0 saturated carbocycles. The Kier molecular flexibility index (Phi) is 6.46. The van der Waals surface area contributed by atoms with Gasteiger partial charge in [0, 0.05) is 26.2 Å². The summed E-state index contributed by atoms with van der Waals surface area (Å²) >= 11 is 0. The molecule has 8 heteroatoms. The van der Waals surface area contributed by atoms with E-state index in [1.165, 1.54) is 0 Å². The predicted molar refractivity (Wildman–Crippen MR) is 109 cm³/mol. The molecule has 0 aromatic heterocycles. The van der Waals surface area contributed by atoms with E-state index < -0.39 is 11.8 Å². The zero-order chi connectivity index (χ0) is 20.8. The van der Waals surface area contributed by atoms with Gasteiger partial charge in [-0.2, -0.15) is 0 Å². The van der Waals surface area contributed by atoms with Gasteiger partial charge in [-0.15, -0.1) is 0 Å². The molecule has 1 fully saturated rings. The molecule has 0 bridgehead atoms. The lowest BCUT2D eigenvalue weighted by molar-refractivity contribution is -0.139. The number of morpholine rings is 1. The Balaban J connectivity index is 1.39. The maximum Gasteiger partial charge on any atom is 0.309 e. The minimum absolute atomic E-state index is 0.103. The van der Waals surface area contributed by atoms with Crippen LogP contribution in [0.25, 0.3) is 0 Å². The lowest BCUT2D eigenvalue weighted by atomic mass is 10.0. The van der Waals surface area contributed by atoms with Crippen LogP contribution in [-0.4, -0.2) is 56.4 Å². The minimum Gasteiger partial charge on any atom is -0.454 e. The molecule has 0 radical (unpaired) electrons. The second-order valence-corrected chi connectivity index (χ2v) is 7.16. The molecule has 2 N–H and O–H groups in total. The summed E-state index contributed by atoms with van der Waals surface area (Å²) in [7, 11) is 0. The van der Waals surface area contributed by atoms with Crippen LogP contribution in [-0.2, 0) is 20.9 Å². The van der Waals surface area contributed by atoms with E-state index in [4.69, 9.17) is 14.2 Å². The quantitative estimate of drug-likeness (QED) is 0.695. The van der Waals surface area contributed by atoms with Crippen LogP contribution in [0, 0.1) is 0 Å². The molecule has 4 rings (SSSR count). The molecule has 1 atom stereocenters.